The van der Waals surface area contributed by atoms with Crippen LogP contribution in [0.3, 0.4) is 0 Å². The van der Waals surface area contributed by atoms with Crippen molar-refractivity contribution in [3.8, 4) is 0 Å². The van der Waals surface area contributed by atoms with Crippen molar-refractivity contribution in [1.82, 2.24) is 10.6 Å². The van der Waals surface area contributed by atoms with Crippen molar-refractivity contribution in [3.63, 3.8) is 0 Å². The Morgan fingerprint density at radius 1 is 1.07 bits per heavy atom. The molecule has 0 spiro atoms. The van der Waals surface area contributed by atoms with Crippen LogP contribution in [0, 0.1) is 0 Å². The van der Waals surface area contributed by atoms with E-state index in [0.717, 1.165) is 45.4 Å². The second-order valence-corrected chi connectivity index (χ2v) is 3.95. The molecule has 0 saturated heterocycles. The first kappa shape index (κ1) is 14.8. The fourth-order valence-electron chi connectivity index (χ4n) is 1.34. The lowest BCUT2D eigenvalue weighted by atomic mass is 10.3. The molecule has 0 heterocycles. The molecule has 1 atom stereocenters. The second-order valence-electron chi connectivity index (χ2n) is 3.95. The summed E-state index contributed by atoms with van der Waals surface area (Å²) in [5.41, 5.74) is 11.3. The van der Waals surface area contributed by atoms with Crippen LogP contribution < -0.4 is 22.1 Å². The molecule has 4 nitrogen and oxygen atoms in total. The summed E-state index contributed by atoms with van der Waals surface area (Å²) in [5, 5.41) is 6.67. The number of unbranched alkanes of at least 4 members (excludes halogenated alkanes) is 2. The van der Waals surface area contributed by atoms with Crippen LogP contribution in [-0.4, -0.2) is 32.3 Å². The van der Waals surface area contributed by atoms with Gasteiger partial charge in [-0.2, -0.15) is 0 Å². The van der Waals surface area contributed by atoms with Crippen molar-refractivity contribution in [1.29, 1.82) is 0 Å². The van der Waals surface area contributed by atoms with E-state index in [1.165, 1.54) is 12.8 Å². The Bertz CT molecular complexity index is 119. The largest absolute Gasteiger partial charge is 0.330 e. The van der Waals surface area contributed by atoms with E-state index < -0.39 is 0 Å². The van der Waals surface area contributed by atoms with Gasteiger partial charge in [0.05, 0.1) is 6.17 Å². The van der Waals surface area contributed by atoms with Gasteiger partial charge in [-0.25, -0.2) is 0 Å². The number of nitrogens with one attached hydrogen (secondary N) is 2. The van der Waals surface area contributed by atoms with Crippen LogP contribution in [0.5, 0.6) is 0 Å². The highest BCUT2D eigenvalue weighted by molar-refractivity contribution is 4.60. The molecule has 0 aliphatic carbocycles. The molecule has 0 aliphatic heterocycles. The van der Waals surface area contributed by atoms with Gasteiger partial charge in [0.2, 0.25) is 0 Å². The van der Waals surface area contributed by atoms with Crippen LogP contribution in [-0.2, 0) is 0 Å². The molecule has 1 unspecified atom stereocenters. The van der Waals surface area contributed by atoms with Crippen LogP contribution in [0.1, 0.15) is 39.0 Å². The molecular weight excluding hydrogens is 188 g/mol. The first-order valence-electron chi connectivity index (χ1n) is 6.21. The molecule has 15 heavy (non-hydrogen) atoms. The third-order valence-electron chi connectivity index (χ3n) is 2.38. The predicted octanol–water partition coefficient (Wildman–Crippen LogP) is 0.380. The molecule has 0 saturated carbocycles. The van der Waals surface area contributed by atoms with E-state index in [2.05, 4.69) is 17.6 Å². The molecule has 0 bridgehead atoms. The molecule has 0 aromatic carbocycles. The highest BCUT2D eigenvalue weighted by atomic mass is 15.0. The van der Waals surface area contributed by atoms with Crippen molar-refractivity contribution in [2.75, 3.05) is 26.2 Å². The van der Waals surface area contributed by atoms with Crippen LogP contribution in [0.15, 0.2) is 0 Å². The average molecular weight is 216 g/mol. The van der Waals surface area contributed by atoms with E-state index in [9.17, 15) is 0 Å². The third kappa shape index (κ3) is 11.8. The quantitative estimate of drug-likeness (QED) is 0.297. The minimum absolute atomic E-state index is 0.138. The number of nitrogens with two attached hydrogens (primary N) is 2. The monoisotopic (exact) mass is 216 g/mol. The zero-order valence-electron chi connectivity index (χ0n) is 10.1. The molecule has 0 amide bonds. The molecule has 0 aromatic heterocycles. The molecule has 92 valence electrons. The van der Waals surface area contributed by atoms with E-state index in [1.54, 1.807) is 0 Å². The maximum absolute atomic E-state index is 5.88. The molecular formula is C11H28N4. The van der Waals surface area contributed by atoms with Crippen LogP contribution in [0.25, 0.3) is 0 Å². The van der Waals surface area contributed by atoms with Gasteiger partial charge in [0.15, 0.2) is 0 Å². The molecule has 0 aliphatic rings. The second kappa shape index (κ2) is 11.9. The molecule has 4 heteroatoms. The van der Waals surface area contributed by atoms with Crippen LogP contribution in [0.2, 0.25) is 0 Å². The van der Waals surface area contributed by atoms with Gasteiger partial charge in [0.1, 0.15) is 0 Å². The topological polar surface area (TPSA) is 76.1 Å². The van der Waals surface area contributed by atoms with Crippen molar-refractivity contribution in [2.45, 2.75) is 45.2 Å². The highest BCUT2D eigenvalue weighted by Gasteiger charge is 1.99. The van der Waals surface area contributed by atoms with Crippen molar-refractivity contribution < 1.29 is 0 Å². The normalized spacial score (nSPS) is 13.0. The van der Waals surface area contributed by atoms with Gasteiger partial charge in [0, 0.05) is 0 Å². The van der Waals surface area contributed by atoms with Gasteiger partial charge in [-0.3, -0.25) is 0 Å². The predicted molar refractivity (Wildman–Crippen MR) is 66.7 cm³/mol. The maximum atomic E-state index is 5.88. The van der Waals surface area contributed by atoms with Gasteiger partial charge in [-0.15, -0.1) is 0 Å². The van der Waals surface area contributed by atoms with E-state index in [-0.39, 0.29) is 6.17 Å². The molecule has 0 rings (SSSR count). The van der Waals surface area contributed by atoms with Crippen molar-refractivity contribution >= 4 is 0 Å². The smallest absolute Gasteiger partial charge is 0.0558 e. The number of hydrogen-bond donors (Lipinski definition) is 4. The maximum Gasteiger partial charge on any atom is 0.0558 e. The van der Waals surface area contributed by atoms with Gasteiger partial charge in [0.25, 0.3) is 0 Å². The van der Waals surface area contributed by atoms with Gasteiger partial charge in [-0.1, -0.05) is 13.3 Å². The summed E-state index contributed by atoms with van der Waals surface area (Å²) in [4.78, 5) is 0. The first-order chi connectivity index (χ1) is 7.31. The summed E-state index contributed by atoms with van der Waals surface area (Å²) >= 11 is 0. The lowest BCUT2D eigenvalue weighted by molar-refractivity contribution is 0.467. The highest BCUT2D eigenvalue weighted by Crippen LogP contribution is 1.87. The Morgan fingerprint density at radius 2 is 1.87 bits per heavy atom. The minimum atomic E-state index is 0.138. The van der Waals surface area contributed by atoms with Gasteiger partial charge < -0.3 is 22.1 Å². The Hall–Kier alpha value is -0.160. The zero-order chi connectivity index (χ0) is 11.4. The Morgan fingerprint density at radius 3 is 2.53 bits per heavy atom. The van der Waals surface area contributed by atoms with E-state index in [1.807, 2.05) is 0 Å². The summed E-state index contributed by atoms with van der Waals surface area (Å²) < 4.78 is 0. The summed E-state index contributed by atoms with van der Waals surface area (Å²) in [6.07, 6.45) is 5.82. The number of hydrogen-bond acceptors (Lipinski definition) is 4. The Kier molecular flexibility index (Phi) is 11.8. The van der Waals surface area contributed by atoms with Gasteiger partial charge in [-0.05, 0) is 51.9 Å². The Balaban J connectivity index is 3.06. The lowest BCUT2D eigenvalue weighted by Gasteiger charge is -2.13. The first-order valence-corrected chi connectivity index (χ1v) is 6.21. The Labute approximate surface area is 94.2 Å². The SMILES string of the molecule is CCCCNC(N)CCNCCCCN. The lowest BCUT2D eigenvalue weighted by Crippen LogP contribution is -2.40. The third-order valence-corrected chi connectivity index (χ3v) is 2.38. The molecule has 0 radical (unpaired) electrons. The fourth-order valence-corrected chi connectivity index (χ4v) is 1.34. The van der Waals surface area contributed by atoms with Crippen LogP contribution >= 0.6 is 0 Å². The number of rotatable bonds is 11. The van der Waals surface area contributed by atoms with Crippen LogP contribution in [0.4, 0.5) is 0 Å². The summed E-state index contributed by atoms with van der Waals surface area (Å²) in [5.74, 6) is 0. The summed E-state index contributed by atoms with van der Waals surface area (Å²) in [7, 11) is 0. The van der Waals surface area contributed by atoms with E-state index >= 15 is 0 Å². The molecule has 6 N–H and O–H groups in total. The molecule has 0 fully saturated rings. The zero-order valence-corrected chi connectivity index (χ0v) is 10.1. The average Bonchev–Trinajstić information content (AvgIpc) is 2.23. The van der Waals surface area contributed by atoms with E-state index in [4.69, 9.17) is 11.5 Å². The summed E-state index contributed by atoms with van der Waals surface area (Å²) in [6.45, 7) is 6.06. The van der Waals surface area contributed by atoms with Gasteiger partial charge >= 0.3 is 0 Å². The van der Waals surface area contributed by atoms with Crippen molar-refractivity contribution in [3.05, 3.63) is 0 Å². The molecule has 0 aromatic rings. The fraction of sp³-hybridized carbons (Fsp3) is 1.00. The minimum Gasteiger partial charge on any atom is -0.330 e. The standard InChI is InChI=1S/C11H28N4/c1-2-3-9-15-11(13)6-10-14-8-5-4-7-12/h11,14-15H,2-10,12-13H2,1H3. The van der Waals surface area contributed by atoms with Crippen molar-refractivity contribution in [2.24, 2.45) is 11.5 Å². The summed E-state index contributed by atoms with van der Waals surface area (Å²) in [6, 6.07) is 0. The van der Waals surface area contributed by atoms with E-state index in [0.29, 0.717) is 0 Å².